The summed E-state index contributed by atoms with van der Waals surface area (Å²) in [7, 11) is 1.69. The third kappa shape index (κ3) is 1.18. The van der Waals surface area contributed by atoms with Gasteiger partial charge in [0.1, 0.15) is 0 Å². The zero-order valence-corrected chi connectivity index (χ0v) is 8.16. The van der Waals surface area contributed by atoms with Gasteiger partial charge in [0.15, 0.2) is 15.9 Å². The lowest BCUT2D eigenvalue weighted by molar-refractivity contribution is 0.919. The second-order valence-electron chi connectivity index (χ2n) is 2.54. The smallest absolute Gasteiger partial charge is 0.278 e. The fraction of sp³-hybridized carbons (Fsp3) is 0.167. The minimum Gasteiger partial charge on any atom is -0.315 e. The van der Waals surface area contributed by atoms with E-state index in [0.29, 0.717) is 15.9 Å². The highest BCUT2D eigenvalue weighted by molar-refractivity contribution is 7.71. The zero-order valence-electron chi connectivity index (χ0n) is 6.59. The molecule has 2 heterocycles. The summed E-state index contributed by atoms with van der Waals surface area (Å²) in [6.07, 6.45) is 0. The van der Waals surface area contributed by atoms with Gasteiger partial charge >= 0.3 is 0 Å². The first kappa shape index (κ1) is 8.46. The molecule has 13 heavy (non-hydrogen) atoms. The molecule has 68 valence electrons. The number of aromatic amines is 2. The summed E-state index contributed by atoms with van der Waals surface area (Å²) >= 11 is 10.5. The summed E-state index contributed by atoms with van der Waals surface area (Å²) in [6, 6.07) is 0. The van der Waals surface area contributed by atoms with Gasteiger partial charge in [-0.25, -0.2) is 0 Å². The molecule has 7 heteroatoms. The third-order valence-electron chi connectivity index (χ3n) is 1.73. The van der Waals surface area contributed by atoms with Crippen molar-refractivity contribution in [1.29, 1.82) is 0 Å². The number of fused-ring (bicyclic) bond motifs is 1. The number of hydrogen-bond acceptors (Lipinski definition) is 3. The largest absolute Gasteiger partial charge is 0.315 e. The highest BCUT2D eigenvalue weighted by atomic mass is 35.5. The minimum atomic E-state index is -0.301. The van der Waals surface area contributed by atoms with Gasteiger partial charge in [-0.2, -0.15) is 4.98 Å². The molecule has 0 aliphatic heterocycles. The maximum atomic E-state index is 11.4. The van der Waals surface area contributed by atoms with Gasteiger partial charge in [0.05, 0.1) is 0 Å². The molecule has 2 aromatic heterocycles. The molecule has 0 spiro atoms. The van der Waals surface area contributed by atoms with E-state index in [-0.39, 0.29) is 10.8 Å². The fourth-order valence-electron chi connectivity index (χ4n) is 1.12. The molecule has 0 aliphatic carbocycles. The van der Waals surface area contributed by atoms with Crippen LogP contribution >= 0.6 is 23.8 Å². The van der Waals surface area contributed by atoms with E-state index in [2.05, 4.69) is 15.0 Å². The van der Waals surface area contributed by atoms with E-state index in [4.69, 9.17) is 23.8 Å². The summed E-state index contributed by atoms with van der Waals surface area (Å²) in [5.41, 5.74) is 0.500. The van der Waals surface area contributed by atoms with Crippen LogP contribution < -0.4 is 5.56 Å². The zero-order chi connectivity index (χ0) is 9.59. The Morgan fingerprint density at radius 2 is 2.23 bits per heavy atom. The van der Waals surface area contributed by atoms with Crippen molar-refractivity contribution in [2.75, 3.05) is 0 Å². The Balaban J connectivity index is 3.12. The molecular weight excluding hydrogens is 212 g/mol. The molecule has 0 amide bonds. The van der Waals surface area contributed by atoms with E-state index in [9.17, 15) is 4.79 Å². The van der Waals surface area contributed by atoms with Crippen molar-refractivity contribution in [2.24, 2.45) is 7.05 Å². The van der Waals surface area contributed by atoms with Gasteiger partial charge in [0.25, 0.3) is 5.56 Å². The van der Waals surface area contributed by atoms with Crippen LogP contribution in [0.3, 0.4) is 0 Å². The Hall–Kier alpha value is -1.14. The lowest BCUT2D eigenvalue weighted by Gasteiger charge is -1.92. The van der Waals surface area contributed by atoms with Crippen molar-refractivity contribution in [3.63, 3.8) is 0 Å². The SMILES string of the molecule is Cn1c(=S)[nH]c2nc(Cl)[nH]c(=O)c21. The standard InChI is InChI=1S/C6H5ClN4OS/c1-11-2-3(9-6(11)13)8-5(7)10-4(2)12/h1H3,(H2,8,9,10,12,13). The minimum absolute atomic E-state index is 0.0503. The van der Waals surface area contributed by atoms with Crippen molar-refractivity contribution in [1.82, 2.24) is 19.5 Å². The molecule has 2 aromatic rings. The summed E-state index contributed by atoms with van der Waals surface area (Å²) in [5.74, 6) is 0. The molecule has 0 aliphatic rings. The summed E-state index contributed by atoms with van der Waals surface area (Å²) in [4.78, 5) is 20.4. The van der Waals surface area contributed by atoms with Crippen LogP contribution in [0.15, 0.2) is 4.79 Å². The van der Waals surface area contributed by atoms with Crippen molar-refractivity contribution in [3.05, 3.63) is 20.4 Å². The van der Waals surface area contributed by atoms with Gasteiger partial charge in [0.2, 0.25) is 5.28 Å². The van der Waals surface area contributed by atoms with Crippen LogP contribution in [0.5, 0.6) is 0 Å². The molecule has 0 fully saturated rings. The van der Waals surface area contributed by atoms with Crippen molar-refractivity contribution >= 4 is 35.0 Å². The number of H-pyrrole nitrogens is 2. The molecule has 0 aromatic carbocycles. The van der Waals surface area contributed by atoms with Crippen molar-refractivity contribution < 1.29 is 0 Å². The second-order valence-corrected chi connectivity index (χ2v) is 3.29. The highest BCUT2D eigenvalue weighted by Gasteiger charge is 2.07. The lowest BCUT2D eigenvalue weighted by atomic mass is 10.5. The van der Waals surface area contributed by atoms with Gasteiger partial charge < -0.3 is 9.55 Å². The molecule has 0 atom stereocenters. The molecule has 0 bridgehead atoms. The quantitative estimate of drug-likeness (QED) is 0.510. The number of aromatic nitrogens is 4. The van der Waals surface area contributed by atoms with Crippen LogP contribution in [0.4, 0.5) is 0 Å². The van der Waals surface area contributed by atoms with Crippen LogP contribution in [0.25, 0.3) is 11.2 Å². The van der Waals surface area contributed by atoms with E-state index < -0.39 is 0 Å². The molecule has 5 nitrogen and oxygen atoms in total. The average Bonchev–Trinajstić information content (AvgIpc) is 2.27. The van der Waals surface area contributed by atoms with Crippen molar-refractivity contribution in [2.45, 2.75) is 0 Å². The maximum absolute atomic E-state index is 11.4. The fourth-order valence-corrected chi connectivity index (χ4v) is 1.48. The van der Waals surface area contributed by atoms with Gasteiger partial charge in [-0.3, -0.25) is 9.78 Å². The number of nitrogens with one attached hydrogen (secondary N) is 2. The molecule has 2 rings (SSSR count). The summed E-state index contributed by atoms with van der Waals surface area (Å²) in [5, 5.41) is 0.0503. The first-order chi connectivity index (χ1) is 6.09. The Kier molecular flexibility index (Phi) is 1.74. The van der Waals surface area contributed by atoms with E-state index >= 15 is 0 Å². The highest BCUT2D eigenvalue weighted by Crippen LogP contribution is 2.06. The molecule has 2 N–H and O–H groups in total. The Morgan fingerprint density at radius 3 is 2.92 bits per heavy atom. The van der Waals surface area contributed by atoms with E-state index in [0.717, 1.165) is 0 Å². The number of aryl methyl sites for hydroxylation is 1. The number of nitrogens with zero attached hydrogens (tertiary/aromatic N) is 2. The van der Waals surface area contributed by atoms with Gasteiger partial charge in [-0.1, -0.05) is 0 Å². The van der Waals surface area contributed by atoms with E-state index in [1.807, 2.05) is 0 Å². The normalized spacial score (nSPS) is 10.9. The van der Waals surface area contributed by atoms with Crippen LogP contribution in [0.1, 0.15) is 0 Å². The Bertz CT molecular complexity index is 580. The third-order valence-corrected chi connectivity index (χ3v) is 2.29. The molecule has 0 saturated heterocycles. The number of hydrogen-bond donors (Lipinski definition) is 2. The first-order valence-corrected chi connectivity index (χ1v) is 4.23. The van der Waals surface area contributed by atoms with Gasteiger partial charge in [-0.05, 0) is 23.8 Å². The summed E-state index contributed by atoms with van der Waals surface area (Å²) < 4.78 is 1.99. The predicted molar refractivity (Wildman–Crippen MR) is 51.5 cm³/mol. The maximum Gasteiger partial charge on any atom is 0.278 e. The van der Waals surface area contributed by atoms with Crippen LogP contribution in [0, 0.1) is 4.77 Å². The van der Waals surface area contributed by atoms with E-state index in [1.165, 1.54) is 0 Å². The van der Waals surface area contributed by atoms with Gasteiger partial charge in [0, 0.05) is 7.05 Å². The Morgan fingerprint density at radius 1 is 1.54 bits per heavy atom. The number of imidazole rings is 1. The van der Waals surface area contributed by atoms with Gasteiger partial charge in [-0.15, -0.1) is 0 Å². The molecule has 0 unspecified atom stereocenters. The lowest BCUT2D eigenvalue weighted by Crippen LogP contribution is -2.10. The average molecular weight is 217 g/mol. The predicted octanol–water partition coefficient (Wildman–Crippen LogP) is 0.973. The van der Waals surface area contributed by atoms with E-state index in [1.54, 1.807) is 11.6 Å². The number of rotatable bonds is 0. The molecule has 0 saturated carbocycles. The topological polar surface area (TPSA) is 66.5 Å². The molecular formula is C6H5ClN4OS. The first-order valence-electron chi connectivity index (χ1n) is 3.44. The second kappa shape index (κ2) is 2.68. The van der Waals surface area contributed by atoms with Crippen LogP contribution in [0.2, 0.25) is 5.28 Å². The summed E-state index contributed by atoms with van der Waals surface area (Å²) in [6.45, 7) is 0. The Labute approximate surface area is 82.4 Å². The monoisotopic (exact) mass is 216 g/mol. The van der Waals surface area contributed by atoms with Crippen molar-refractivity contribution in [3.8, 4) is 0 Å². The van der Waals surface area contributed by atoms with Crippen LogP contribution in [-0.4, -0.2) is 19.5 Å². The number of halogens is 1. The van der Waals surface area contributed by atoms with Crippen LogP contribution in [-0.2, 0) is 7.05 Å². The molecule has 0 radical (unpaired) electrons.